The molecule has 37 valence electrons. The fraction of sp³-hybridized carbons (Fsp3) is 0.800. The summed E-state index contributed by atoms with van der Waals surface area (Å²) < 4.78 is 0. The van der Waals surface area contributed by atoms with E-state index in [9.17, 15) is 0 Å². The Hall–Kier alpha value is 0.290. The maximum atomic E-state index is 5.35. The van der Waals surface area contributed by atoms with Gasteiger partial charge in [0.2, 0.25) is 0 Å². The maximum absolute atomic E-state index is 5.35. The summed E-state index contributed by atoms with van der Waals surface area (Å²) in [6.07, 6.45) is 3.31. The minimum Gasteiger partial charge on any atom is -0.127 e. The minimum absolute atomic E-state index is 0.787. The van der Waals surface area contributed by atoms with E-state index in [-0.39, 0.29) is 0 Å². The van der Waals surface area contributed by atoms with Gasteiger partial charge in [0.25, 0.3) is 0 Å². The molecule has 0 aliphatic heterocycles. The Labute approximate surface area is 44.5 Å². The molecule has 0 saturated carbocycles. The van der Waals surface area contributed by atoms with Crippen molar-refractivity contribution in [2.75, 3.05) is 5.88 Å². The molecular weight excluding hydrogens is 95.5 g/mol. The van der Waals surface area contributed by atoms with Crippen LogP contribution in [0.2, 0.25) is 0 Å². The second kappa shape index (κ2) is 5.29. The lowest BCUT2D eigenvalue weighted by Gasteiger charge is -1.84. The summed E-state index contributed by atoms with van der Waals surface area (Å²) in [5, 5.41) is 0. The van der Waals surface area contributed by atoms with Gasteiger partial charge in [0.15, 0.2) is 0 Å². The highest BCUT2D eigenvalue weighted by Crippen LogP contribution is 1.93. The van der Waals surface area contributed by atoms with E-state index in [0.29, 0.717) is 0 Å². The molecule has 0 fully saturated rings. The third-order valence-corrected chi connectivity index (χ3v) is 0.901. The van der Waals surface area contributed by atoms with E-state index >= 15 is 0 Å². The average Bonchev–Trinajstić information content (AvgIpc) is 1.61. The molecule has 6 heavy (non-hydrogen) atoms. The van der Waals surface area contributed by atoms with Gasteiger partial charge in [0.1, 0.15) is 0 Å². The van der Waals surface area contributed by atoms with Crippen LogP contribution in [0.1, 0.15) is 19.3 Å². The molecule has 0 spiro atoms. The molecule has 0 aliphatic carbocycles. The number of unbranched alkanes of at least 4 members (excludes halogenated alkanes) is 2. The van der Waals surface area contributed by atoms with Crippen LogP contribution in [-0.4, -0.2) is 5.88 Å². The van der Waals surface area contributed by atoms with E-state index in [1.807, 2.05) is 0 Å². The maximum Gasteiger partial charge on any atom is 0.0223 e. The van der Waals surface area contributed by atoms with Gasteiger partial charge < -0.3 is 0 Å². The third kappa shape index (κ3) is 4.29. The number of halogens is 1. The molecule has 0 unspecified atom stereocenters. The summed E-state index contributed by atoms with van der Waals surface area (Å²) in [6.45, 7) is 3.66. The van der Waals surface area contributed by atoms with Crippen molar-refractivity contribution in [1.82, 2.24) is 0 Å². The first-order valence-corrected chi connectivity index (χ1v) is 2.80. The van der Waals surface area contributed by atoms with Crippen LogP contribution in [-0.2, 0) is 0 Å². The molecule has 0 N–H and O–H groups in total. The van der Waals surface area contributed by atoms with Crippen LogP contribution in [0.4, 0.5) is 0 Å². The van der Waals surface area contributed by atoms with Crippen molar-refractivity contribution in [2.24, 2.45) is 0 Å². The lowest BCUT2D eigenvalue weighted by Crippen LogP contribution is -1.71. The summed E-state index contributed by atoms with van der Waals surface area (Å²) in [6, 6.07) is 0. The van der Waals surface area contributed by atoms with E-state index in [1.54, 1.807) is 0 Å². The quantitative estimate of drug-likeness (QED) is 0.382. The van der Waals surface area contributed by atoms with Gasteiger partial charge in [-0.15, -0.1) is 11.6 Å². The first-order valence-electron chi connectivity index (χ1n) is 2.27. The van der Waals surface area contributed by atoms with Crippen LogP contribution in [0.5, 0.6) is 0 Å². The molecule has 1 radical (unpaired) electrons. The minimum atomic E-state index is 0.787. The van der Waals surface area contributed by atoms with Crippen LogP contribution in [0.25, 0.3) is 0 Å². The molecule has 0 aliphatic rings. The number of hydrogen-bond donors (Lipinski definition) is 0. The van der Waals surface area contributed by atoms with Gasteiger partial charge in [-0.3, -0.25) is 0 Å². The average molecular weight is 106 g/mol. The summed E-state index contributed by atoms with van der Waals surface area (Å²) in [5.41, 5.74) is 0. The largest absolute Gasteiger partial charge is 0.127 e. The number of alkyl halides is 1. The Morgan fingerprint density at radius 1 is 1.33 bits per heavy atom. The van der Waals surface area contributed by atoms with Crippen molar-refractivity contribution in [1.29, 1.82) is 0 Å². The van der Waals surface area contributed by atoms with Gasteiger partial charge >= 0.3 is 0 Å². The molecule has 0 heterocycles. The van der Waals surface area contributed by atoms with Crippen LogP contribution < -0.4 is 0 Å². The van der Waals surface area contributed by atoms with Crippen molar-refractivity contribution in [3.8, 4) is 0 Å². The third-order valence-electron chi connectivity index (χ3n) is 0.634. The van der Waals surface area contributed by atoms with Gasteiger partial charge in [-0.1, -0.05) is 19.8 Å². The SMILES string of the molecule is [CH2]CCCCCl. The Balaban J connectivity index is 2.34. The van der Waals surface area contributed by atoms with Gasteiger partial charge in [-0.25, -0.2) is 0 Å². The normalized spacial score (nSPS) is 9.00. The zero-order valence-electron chi connectivity index (χ0n) is 3.91. The Kier molecular flexibility index (Phi) is 5.55. The monoisotopic (exact) mass is 105 g/mol. The molecule has 0 rings (SSSR count). The fourth-order valence-corrected chi connectivity index (χ4v) is 0.460. The summed E-state index contributed by atoms with van der Waals surface area (Å²) in [7, 11) is 0. The molecule has 0 atom stereocenters. The molecule has 0 amide bonds. The van der Waals surface area contributed by atoms with Crippen molar-refractivity contribution >= 4 is 11.6 Å². The predicted molar refractivity (Wildman–Crippen MR) is 29.9 cm³/mol. The first-order chi connectivity index (χ1) is 2.91. The molecule has 0 bridgehead atoms. The second-order valence-corrected chi connectivity index (χ2v) is 1.63. The first kappa shape index (κ1) is 6.29. The summed E-state index contributed by atoms with van der Waals surface area (Å²) >= 11 is 5.35. The topological polar surface area (TPSA) is 0 Å². The van der Waals surface area contributed by atoms with E-state index in [4.69, 9.17) is 11.6 Å². The standard InChI is InChI=1S/C5H10Cl/c1-2-3-4-5-6/h1-5H2. The molecule has 0 aromatic carbocycles. The Morgan fingerprint density at radius 3 is 2.17 bits per heavy atom. The second-order valence-electron chi connectivity index (χ2n) is 1.25. The van der Waals surface area contributed by atoms with Gasteiger partial charge in [0.05, 0.1) is 0 Å². The van der Waals surface area contributed by atoms with Crippen LogP contribution in [0.15, 0.2) is 0 Å². The number of hydrogen-bond acceptors (Lipinski definition) is 0. The molecule has 1 heteroatoms. The zero-order chi connectivity index (χ0) is 4.83. The smallest absolute Gasteiger partial charge is 0.0223 e. The van der Waals surface area contributed by atoms with Crippen LogP contribution >= 0.6 is 11.6 Å². The summed E-state index contributed by atoms with van der Waals surface area (Å²) in [4.78, 5) is 0. The van der Waals surface area contributed by atoms with Crippen molar-refractivity contribution < 1.29 is 0 Å². The van der Waals surface area contributed by atoms with E-state index in [1.165, 1.54) is 6.42 Å². The number of rotatable bonds is 3. The molecule has 0 aromatic rings. The predicted octanol–water partition coefficient (Wildman–Crippen LogP) is 2.23. The fourth-order valence-electron chi connectivity index (χ4n) is 0.271. The molecule has 0 saturated heterocycles. The highest BCUT2D eigenvalue weighted by atomic mass is 35.5. The Morgan fingerprint density at radius 2 is 2.00 bits per heavy atom. The van der Waals surface area contributed by atoms with Gasteiger partial charge in [0, 0.05) is 5.88 Å². The Bertz CT molecular complexity index is 15.9. The van der Waals surface area contributed by atoms with E-state index in [0.717, 1.165) is 18.7 Å². The van der Waals surface area contributed by atoms with Crippen LogP contribution in [0, 0.1) is 6.92 Å². The molecule has 0 aromatic heterocycles. The van der Waals surface area contributed by atoms with Crippen LogP contribution in [0.3, 0.4) is 0 Å². The lowest BCUT2D eigenvalue weighted by molar-refractivity contribution is 0.818. The van der Waals surface area contributed by atoms with E-state index in [2.05, 4.69) is 6.92 Å². The highest BCUT2D eigenvalue weighted by Gasteiger charge is 1.77. The van der Waals surface area contributed by atoms with Crippen molar-refractivity contribution in [2.45, 2.75) is 19.3 Å². The van der Waals surface area contributed by atoms with Gasteiger partial charge in [-0.2, -0.15) is 0 Å². The highest BCUT2D eigenvalue weighted by molar-refractivity contribution is 6.17. The molecule has 0 nitrogen and oxygen atoms in total. The zero-order valence-corrected chi connectivity index (χ0v) is 4.67. The summed E-state index contributed by atoms with van der Waals surface area (Å²) in [5.74, 6) is 0.787. The van der Waals surface area contributed by atoms with Crippen molar-refractivity contribution in [3.05, 3.63) is 6.92 Å². The molecular formula is C5H10Cl. The van der Waals surface area contributed by atoms with E-state index < -0.39 is 0 Å². The lowest BCUT2D eigenvalue weighted by atomic mass is 10.3. The van der Waals surface area contributed by atoms with Gasteiger partial charge in [-0.05, 0) is 6.42 Å². The van der Waals surface area contributed by atoms with Crippen molar-refractivity contribution in [3.63, 3.8) is 0 Å².